The van der Waals surface area contributed by atoms with Crippen LogP contribution in [0.4, 0.5) is 18.9 Å². The highest BCUT2D eigenvalue weighted by atomic mass is 19.4. The number of hydrogen-bond donors (Lipinski definition) is 3. The molecule has 0 radical (unpaired) electrons. The molecule has 2 atom stereocenters. The van der Waals surface area contributed by atoms with Crippen LogP contribution < -0.4 is 16.8 Å². The van der Waals surface area contributed by atoms with E-state index in [1.165, 1.54) is 6.07 Å². The predicted molar refractivity (Wildman–Crippen MR) is 73.3 cm³/mol. The van der Waals surface area contributed by atoms with Crippen molar-refractivity contribution in [1.29, 1.82) is 0 Å². The summed E-state index contributed by atoms with van der Waals surface area (Å²) in [6.45, 7) is -0.0267. The number of amides is 1. The number of hydrogen-bond acceptors (Lipinski definition) is 3. The quantitative estimate of drug-likeness (QED) is 0.801. The fourth-order valence-electron chi connectivity index (χ4n) is 2.54. The Hall–Kier alpha value is -1.60. The molecule has 1 aliphatic carbocycles. The zero-order valence-corrected chi connectivity index (χ0v) is 11.4. The first-order chi connectivity index (χ1) is 9.79. The second-order valence-corrected chi connectivity index (χ2v) is 5.38. The summed E-state index contributed by atoms with van der Waals surface area (Å²) in [6, 6.07) is 3.36. The Morgan fingerprint density at radius 3 is 2.52 bits per heavy atom. The van der Waals surface area contributed by atoms with Crippen LogP contribution in [0.15, 0.2) is 18.2 Å². The lowest BCUT2D eigenvalue weighted by Crippen LogP contribution is -2.23. The Bertz CT molecular complexity index is 531. The van der Waals surface area contributed by atoms with Crippen molar-refractivity contribution in [2.45, 2.75) is 38.0 Å². The van der Waals surface area contributed by atoms with Gasteiger partial charge < -0.3 is 16.8 Å². The zero-order valence-electron chi connectivity index (χ0n) is 11.4. The first-order valence-corrected chi connectivity index (χ1v) is 6.77. The van der Waals surface area contributed by atoms with E-state index in [2.05, 4.69) is 5.32 Å². The SMILES string of the molecule is NCc1cc(NC(=O)C2CCC(N)C2)cc(C(F)(F)F)c1. The highest BCUT2D eigenvalue weighted by molar-refractivity contribution is 5.93. The summed E-state index contributed by atoms with van der Waals surface area (Å²) < 4.78 is 38.4. The van der Waals surface area contributed by atoms with Crippen LogP contribution in [0.1, 0.15) is 30.4 Å². The highest BCUT2D eigenvalue weighted by Gasteiger charge is 2.32. The average Bonchev–Trinajstić information content (AvgIpc) is 2.84. The monoisotopic (exact) mass is 301 g/mol. The van der Waals surface area contributed by atoms with Crippen molar-refractivity contribution >= 4 is 11.6 Å². The molecule has 21 heavy (non-hydrogen) atoms. The predicted octanol–water partition coefficient (Wildman–Crippen LogP) is 2.23. The second kappa shape index (κ2) is 6.03. The van der Waals surface area contributed by atoms with Gasteiger partial charge in [0.15, 0.2) is 0 Å². The third kappa shape index (κ3) is 3.95. The van der Waals surface area contributed by atoms with Crippen molar-refractivity contribution in [3.8, 4) is 0 Å². The fourth-order valence-corrected chi connectivity index (χ4v) is 2.54. The van der Waals surface area contributed by atoms with Gasteiger partial charge in [-0.25, -0.2) is 0 Å². The minimum absolute atomic E-state index is 0.0122. The van der Waals surface area contributed by atoms with Crippen molar-refractivity contribution in [1.82, 2.24) is 0 Å². The molecular formula is C14H18F3N3O. The fraction of sp³-hybridized carbons (Fsp3) is 0.500. The molecule has 0 bridgehead atoms. The van der Waals surface area contributed by atoms with Crippen molar-refractivity contribution in [2.75, 3.05) is 5.32 Å². The lowest BCUT2D eigenvalue weighted by atomic mass is 10.1. The normalized spacial score (nSPS) is 22.3. The highest BCUT2D eigenvalue weighted by Crippen LogP contribution is 2.32. The standard InChI is InChI=1S/C14H18F3N3O/c15-14(16,17)10-3-8(7-18)4-12(6-10)20-13(21)9-1-2-11(19)5-9/h3-4,6,9,11H,1-2,5,7,18-19H2,(H,20,21). The number of anilines is 1. The number of alkyl halides is 3. The summed E-state index contributed by atoms with van der Waals surface area (Å²) >= 11 is 0. The minimum atomic E-state index is -4.47. The number of carbonyl (C=O) groups is 1. The maximum absolute atomic E-state index is 12.8. The molecule has 0 spiro atoms. The molecule has 1 fully saturated rings. The molecule has 4 nitrogen and oxygen atoms in total. The lowest BCUT2D eigenvalue weighted by Gasteiger charge is -2.14. The van der Waals surface area contributed by atoms with Gasteiger partial charge in [0.2, 0.25) is 5.91 Å². The third-order valence-electron chi connectivity index (χ3n) is 3.67. The molecule has 7 heteroatoms. The van der Waals surface area contributed by atoms with E-state index in [0.717, 1.165) is 18.6 Å². The molecule has 1 saturated carbocycles. The Balaban J connectivity index is 2.17. The van der Waals surface area contributed by atoms with Gasteiger partial charge in [0.1, 0.15) is 0 Å². The van der Waals surface area contributed by atoms with E-state index >= 15 is 0 Å². The van der Waals surface area contributed by atoms with Crippen LogP contribution in [0.2, 0.25) is 0 Å². The van der Waals surface area contributed by atoms with E-state index in [0.29, 0.717) is 18.4 Å². The van der Waals surface area contributed by atoms with E-state index in [-0.39, 0.29) is 30.1 Å². The molecule has 0 aromatic heterocycles. The zero-order chi connectivity index (χ0) is 15.6. The molecule has 5 N–H and O–H groups in total. The third-order valence-corrected chi connectivity index (χ3v) is 3.67. The molecule has 0 saturated heterocycles. The van der Waals surface area contributed by atoms with Gasteiger partial charge in [-0.15, -0.1) is 0 Å². The number of rotatable bonds is 3. The minimum Gasteiger partial charge on any atom is -0.328 e. The van der Waals surface area contributed by atoms with Crippen LogP contribution in [-0.2, 0) is 17.5 Å². The van der Waals surface area contributed by atoms with Gasteiger partial charge in [-0.05, 0) is 43.0 Å². The number of halogens is 3. The summed E-state index contributed by atoms with van der Waals surface area (Å²) in [6.07, 6.45) is -2.49. The van der Waals surface area contributed by atoms with Crippen molar-refractivity contribution in [3.63, 3.8) is 0 Å². The molecule has 1 aromatic carbocycles. The van der Waals surface area contributed by atoms with E-state index in [9.17, 15) is 18.0 Å². The molecule has 2 unspecified atom stereocenters. The summed E-state index contributed by atoms with van der Waals surface area (Å²) in [5.74, 6) is -0.527. The smallest absolute Gasteiger partial charge is 0.328 e. The number of carbonyl (C=O) groups excluding carboxylic acids is 1. The van der Waals surface area contributed by atoms with Gasteiger partial charge in [-0.2, -0.15) is 13.2 Å². The molecule has 116 valence electrons. The Morgan fingerprint density at radius 2 is 2.00 bits per heavy atom. The Kier molecular flexibility index (Phi) is 4.53. The molecule has 0 heterocycles. The van der Waals surface area contributed by atoms with Gasteiger partial charge in [-0.1, -0.05) is 0 Å². The maximum Gasteiger partial charge on any atom is 0.416 e. The van der Waals surface area contributed by atoms with Crippen LogP contribution in [0.5, 0.6) is 0 Å². The Labute approximate surface area is 120 Å². The summed E-state index contributed by atoms with van der Waals surface area (Å²) in [7, 11) is 0. The van der Waals surface area contributed by atoms with Gasteiger partial charge in [0.05, 0.1) is 5.56 Å². The summed E-state index contributed by atoms with van der Waals surface area (Å²) in [5, 5.41) is 2.54. The number of nitrogens with two attached hydrogens (primary N) is 2. The topological polar surface area (TPSA) is 81.1 Å². The van der Waals surface area contributed by atoms with Crippen LogP contribution in [-0.4, -0.2) is 11.9 Å². The number of benzene rings is 1. The first-order valence-electron chi connectivity index (χ1n) is 6.77. The first kappa shape index (κ1) is 15.8. The van der Waals surface area contributed by atoms with Gasteiger partial charge >= 0.3 is 6.18 Å². The van der Waals surface area contributed by atoms with Crippen molar-refractivity contribution in [3.05, 3.63) is 29.3 Å². The largest absolute Gasteiger partial charge is 0.416 e. The maximum atomic E-state index is 12.8. The van der Waals surface area contributed by atoms with Gasteiger partial charge in [-0.3, -0.25) is 4.79 Å². The van der Waals surface area contributed by atoms with Crippen LogP contribution in [0, 0.1) is 5.92 Å². The van der Waals surface area contributed by atoms with Crippen LogP contribution >= 0.6 is 0 Å². The van der Waals surface area contributed by atoms with Gasteiger partial charge in [0, 0.05) is 24.2 Å². The molecular weight excluding hydrogens is 283 g/mol. The second-order valence-electron chi connectivity index (χ2n) is 5.38. The molecule has 1 aromatic rings. The van der Waals surface area contributed by atoms with Crippen LogP contribution in [0.3, 0.4) is 0 Å². The van der Waals surface area contributed by atoms with Crippen molar-refractivity contribution in [2.24, 2.45) is 17.4 Å². The van der Waals surface area contributed by atoms with Gasteiger partial charge in [0.25, 0.3) is 0 Å². The summed E-state index contributed by atoms with van der Waals surface area (Å²) in [5.41, 5.74) is 10.8. The number of nitrogens with one attached hydrogen (secondary N) is 1. The van der Waals surface area contributed by atoms with E-state index < -0.39 is 11.7 Å². The molecule has 0 aliphatic heterocycles. The van der Waals surface area contributed by atoms with E-state index in [4.69, 9.17) is 11.5 Å². The lowest BCUT2D eigenvalue weighted by molar-refractivity contribution is -0.137. The average molecular weight is 301 g/mol. The van der Waals surface area contributed by atoms with Crippen LogP contribution in [0.25, 0.3) is 0 Å². The molecule has 1 amide bonds. The molecule has 2 rings (SSSR count). The van der Waals surface area contributed by atoms with E-state index in [1.54, 1.807) is 0 Å². The van der Waals surface area contributed by atoms with E-state index in [1.807, 2.05) is 0 Å². The molecule has 1 aliphatic rings. The Morgan fingerprint density at radius 1 is 1.29 bits per heavy atom. The summed E-state index contributed by atoms with van der Waals surface area (Å²) in [4.78, 5) is 12.0. The van der Waals surface area contributed by atoms with Crippen molar-refractivity contribution < 1.29 is 18.0 Å².